The van der Waals surface area contributed by atoms with Crippen LogP contribution in [0.15, 0.2) is 28.9 Å². The Hall–Kier alpha value is -1.38. The lowest BCUT2D eigenvalue weighted by molar-refractivity contribution is 0.628. The average molecular weight is 315 g/mol. The number of hydrogen-bond acceptors (Lipinski definition) is 1. The number of benzene rings is 1. The molecule has 0 spiro atoms. The molecule has 1 aromatic carbocycles. The third-order valence-electron chi connectivity index (χ3n) is 2.13. The minimum absolute atomic E-state index is 0.0501. The van der Waals surface area contributed by atoms with Gasteiger partial charge in [-0.1, -0.05) is 11.6 Å². The molecule has 1 heterocycles. The largest absolute Gasteiger partial charge is 0.307 e. The van der Waals surface area contributed by atoms with Gasteiger partial charge in [-0.15, -0.1) is 0 Å². The molecule has 0 bridgehead atoms. The fraction of sp³-hybridized carbons (Fsp3) is 0.0909. The maximum absolute atomic E-state index is 13.0. The van der Waals surface area contributed by atoms with E-state index in [4.69, 9.17) is 18.2 Å². The molecule has 0 atom stereocenters. The molecule has 0 saturated heterocycles. The molecule has 3 nitrogen and oxygen atoms in total. The highest BCUT2D eigenvalue weighted by atomic mass is 79.9. The molecule has 0 aliphatic rings. The maximum Gasteiger partial charge on any atom is 0.307 e. The van der Waals surface area contributed by atoms with Crippen LogP contribution in [0.4, 0.5) is 4.39 Å². The maximum atomic E-state index is 13.0. The topological polar surface area (TPSA) is 22.2 Å². The van der Waals surface area contributed by atoms with Gasteiger partial charge in [0.2, 0.25) is 0 Å². The Kier molecular flexibility index (Phi) is 3.46. The molecular weight excluding hydrogens is 308 g/mol. The monoisotopic (exact) mass is 313 g/mol. The molecule has 0 unspecified atom stereocenters. The molecule has 2 aromatic rings. The van der Waals surface area contributed by atoms with Crippen molar-refractivity contribution in [3.8, 4) is 11.3 Å². The van der Waals surface area contributed by atoms with Crippen LogP contribution in [0.3, 0.4) is 0 Å². The molecule has 0 radical (unpaired) electrons. The van der Waals surface area contributed by atoms with E-state index in [9.17, 15) is 4.39 Å². The SMILES string of the molecule is [C-]#[N+]Cn1cc(Br)c(-c2ccc(F)c(Cl)c2)n1. The zero-order valence-corrected chi connectivity index (χ0v) is 10.8. The van der Waals surface area contributed by atoms with E-state index in [-0.39, 0.29) is 11.7 Å². The molecule has 1 aromatic heterocycles. The van der Waals surface area contributed by atoms with Crippen LogP contribution in [0.5, 0.6) is 0 Å². The Morgan fingerprint density at radius 3 is 2.94 bits per heavy atom. The summed E-state index contributed by atoms with van der Waals surface area (Å²) in [6.45, 7) is 6.91. The summed E-state index contributed by atoms with van der Waals surface area (Å²) in [6.07, 6.45) is 1.70. The van der Waals surface area contributed by atoms with Crippen molar-refractivity contribution in [2.24, 2.45) is 0 Å². The highest BCUT2D eigenvalue weighted by Gasteiger charge is 2.11. The van der Waals surface area contributed by atoms with Crippen molar-refractivity contribution in [1.82, 2.24) is 9.78 Å². The normalized spacial score (nSPS) is 10.2. The van der Waals surface area contributed by atoms with E-state index in [0.717, 1.165) is 4.47 Å². The zero-order chi connectivity index (χ0) is 12.4. The van der Waals surface area contributed by atoms with Gasteiger partial charge in [-0.2, -0.15) is 9.78 Å². The van der Waals surface area contributed by atoms with Gasteiger partial charge < -0.3 is 0 Å². The second-order valence-corrected chi connectivity index (χ2v) is 4.56. The molecule has 2 rings (SSSR count). The van der Waals surface area contributed by atoms with Crippen molar-refractivity contribution < 1.29 is 4.39 Å². The van der Waals surface area contributed by atoms with Gasteiger partial charge in [0.15, 0.2) is 0 Å². The molecule has 0 aliphatic heterocycles. The van der Waals surface area contributed by atoms with Gasteiger partial charge in [0.05, 0.1) is 9.50 Å². The van der Waals surface area contributed by atoms with E-state index in [1.807, 2.05) is 0 Å². The van der Waals surface area contributed by atoms with Gasteiger partial charge >= 0.3 is 6.67 Å². The summed E-state index contributed by atoms with van der Waals surface area (Å²) in [4.78, 5) is 3.23. The van der Waals surface area contributed by atoms with Gasteiger partial charge in [0, 0.05) is 11.8 Å². The van der Waals surface area contributed by atoms with Crippen molar-refractivity contribution in [1.29, 1.82) is 0 Å². The van der Waals surface area contributed by atoms with Gasteiger partial charge in [0.1, 0.15) is 11.5 Å². The number of halogens is 3. The second kappa shape index (κ2) is 4.86. The van der Waals surface area contributed by atoms with E-state index in [0.29, 0.717) is 11.3 Å². The molecule has 86 valence electrons. The van der Waals surface area contributed by atoms with Crippen LogP contribution in [0.1, 0.15) is 0 Å². The predicted octanol–water partition coefficient (Wildman–Crippen LogP) is 3.98. The fourth-order valence-electron chi connectivity index (χ4n) is 1.38. The Balaban J connectivity index is 2.46. The smallest absolute Gasteiger partial charge is 0.291 e. The van der Waals surface area contributed by atoms with Crippen LogP contribution in [-0.2, 0) is 6.67 Å². The summed E-state index contributed by atoms with van der Waals surface area (Å²) in [5.74, 6) is -0.466. The van der Waals surface area contributed by atoms with Gasteiger partial charge in [0.25, 0.3) is 0 Å². The summed E-state index contributed by atoms with van der Waals surface area (Å²) in [6, 6.07) is 4.39. The summed E-state index contributed by atoms with van der Waals surface area (Å²) < 4.78 is 15.3. The van der Waals surface area contributed by atoms with Crippen LogP contribution in [0, 0.1) is 12.4 Å². The highest BCUT2D eigenvalue weighted by Crippen LogP contribution is 2.29. The molecule has 6 heteroatoms. The van der Waals surface area contributed by atoms with Gasteiger partial charge in [-0.05, 0) is 34.1 Å². The third kappa shape index (κ3) is 2.48. The average Bonchev–Trinajstić information content (AvgIpc) is 2.64. The number of hydrogen-bond donors (Lipinski definition) is 0. The second-order valence-electron chi connectivity index (χ2n) is 3.29. The lowest BCUT2D eigenvalue weighted by Gasteiger charge is -1.99. The Labute approximate surface area is 111 Å². The van der Waals surface area contributed by atoms with Crippen LogP contribution in [0.2, 0.25) is 5.02 Å². The summed E-state index contributed by atoms with van der Waals surface area (Å²) in [5, 5.41) is 4.27. The van der Waals surface area contributed by atoms with Crippen molar-refractivity contribution in [2.75, 3.05) is 0 Å². The first kappa shape index (κ1) is 12.1. The Morgan fingerprint density at radius 2 is 2.29 bits per heavy atom. The Morgan fingerprint density at radius 1 is 1.53 bits per heavy atom. The zero-order valence-electron chi connectivity index (χ0n) is 8.49. The quantitative estimate of drug-likeness (QED) is 0.769. The molecular formula is C11H6BrClFN3. The van der Waals surface area contributed by atoms with Crippen LogP contribution >= 0.6 is 27.5 Å². The highest BCUT2D eigenvalue weighted by molar-refractivity contribution is 9.10. The van der Waals surface area contributed by atoms with Crippen LogP contribution < -0.4 is 0 Å². The molecule has 0 saturated carbocycles. The first-order valence-corrected chi connectivity index (χ1v) is 5.80. The number of rotatable bonds is 2. The van der Waals surface area contributed by atoms with Gasteiger partial charge in [-0.3, -0.25) is 4.85 Å². The molecule has 17 heavy (non-hydrogen) atoms. The van der Waals surface area contributed by atoms with Crippen molar-refractivity contribution in [2.45, 2.75) is 6.67 Å². The fourth-order valence-corrected chi connectivity index (χ4v) is 2.11. The van der Waals surface area contributed by atoms with E-state index in [2.05, 4.69) is 25.9 Å². The molecule has 0 aliphatic carbocycles. The summed E-state index contributed by atoms with van der Waals surface area (Å²) in [5.41, 5.74) is 1.34. The number of nitrogens with zero attached hydrogens (tertiary/aromatic N) is 3. The first-order valence-electron chi connectivity index (χ1n) is 4.63. The van der Waals surface area contributed by atoms with Crippen molar-refractivity contribution in [3.63, 3.8) is 0 Å². The third-order valence-corrected chi connectivity index (χ3v) is 3.00. The minimum atomic E-state index is -0.466. The minimum Gasteiger partial charge on any atom is -0.291 e. The summed E-state index contributed by atoms with van der Waals surface area (Å²) >= 11 is 9.05. The lowest BCUT2D eigenvalue weighted by atomic mass is 10.1. The van der Waals surface area contributed by atoms with Crippen LogP contribution in [0.25, 0.3) is 16.1 Å². The van der Waals surface area contributed by atoms with E-state index in [1.165, 1.54) is 16.8 Å². The predicted molar refractivity (Wildman–Crippen MR) is 66.9 cm³/mol. The molecule has 0 N–H and O–H groups in total. The lowest BCUT2D eigenvalue weighted by Crippen LogP contribution is -1.94. The van der Waals surface area contributed by atoms with Gasteiger partial charge in [-0.25, -0.2) is 11.0 Å². The van der Waals surface area contributed by atoms with E-state index < -0.39 is 5.82 Å². The molecule has 0 fully saturated rings. The summed E-state index contributed by atoms with van der Waals surface area (Å²) in [7, 11) is 0. The van der Waals surface area contributed by atoms with Crippen molar-refractivity contribution in [3.05, 3.63) is 51.1 Å². The Bertz CT molecular complexity index is 603. The molecule has 0 amide bonds. The van der Waals surface area contributed by atoms with Crippen LogP contribution in [-0.4, -0.2) is 9.78 Å². The number of aromatic nitrogens is 2. The van der Waals surface area contributed by atoms with E-state index >= 15 is 0 Å². The standard InChI is InChI=1S/C11H6BrClFN3/c1-15-6-17-5-8(12)11(16-17)7-2-3-10(14)9(13)4-7/h2-5H,6H2. The van der Waals surface area contributed by atoms with E-state index in [1.54, 1.807) is 12.3 Å². The van der Waals surface area contributed by atoms with Crippen molar-refractivity contribution >= 4 is 27.5 Å². The first-order chi connectivity index (χ1) is 8.11.